The average Bonchev–Trinajstić information content (AvgIpc) is 3.75. The van der Waals surface area contributed by atoms with Crippen LogP contribution in [-0.2, 0) is 6.42 Å². The van der Waals surface area contributed by atoms with Gasteiger partial charge in [-0.05, 0) is 169 Å². The number of hydrogen-bond acceptors (Lipinski definition) is 4. The lowest BCUT2D eigenvalue weighted by molar-refractivity contribution is 0.573. The predicted molar refractivity (Wildman–Crippen MR) is 316 cm³/mol. The van der Waals surface area contributed by atoms with Crippen LogP contribution >= 0.6 is 20.0 Å². The van der Waals surface area contributed by atoms with Gasteiger partial charge in [0.25, 0.3) is 0 Å². The maximum Gasteiger partial charge on any atom is 0.139 e. The molecule has 2 atom stereocenters. The molecule has 6 heteroatoms. The minimum Gasteiger partial charge on any atom is -0.360 e. The summed E-state index contributed by atoms with van der Waals surface area (Å²) >= 11 is 1.89. The van der Waals surface area contributed by atoms with E-state index in [0.717, 1.165) is 66.2 Å². The lowest BCUT2D eigenvalue weighted by Gasteiger charge is -2.32. The Labute approximate surface area is 429 Å². The van der Waals surface area contributed by atoms with E-state index in [2.05, 4.69) is 235 Å². The quantitative estimate of drug-likeness (QED) is 0.0962. The van der Waals surface area contributed by atoms with E-state index in [4.69, 9.17) is 0 Å². The SMILES string of the molecule is Bc1ccc(N(C2=CC=C(C)CC2)C2=C/C(=C/Nc3ccc(-c4ccccc4)cc3C)Sc3c(cc4c5c([pH]c4c3C(/C(=C\C=C)NC3=CC=C(C(C)C)CC3C)=C3\C=CC=CC3)CCC=C5)/C=C\2)cc1. The fourth-order valence-corrected chi connectivity index (χ4v) is 13.2. The maximum absolute atomic E-state index is 4.34. The van der Waals surface area contributed by atoms with Crippen molar-refractivity contribution in [2.75, 3.05) is 10.2 Å². The highest BCUT2D eigenvalue weighted by molar-refractivity contribution is 8.03. The van der Waals surface area contributed by atoms with E-state index in [-0.39, 0.29) is 0 Å². The van der Waals surface area contributed by atoms with E-state index in [9.17, 15) is 0 Å². The molecule has 5 aliphatic rings. The number of nitrogens with zero attached hydrogens (tertiary/aromatic N) is 1. The zero-order chi connectivity index (χ0) is 49.0. The Morgan fingerprint density at radius 1 is 0.873 bits per heavy atom. The van der Waals surface area contributed by atoms with Gasteiger partial charge in [0, 0.05) is 66.4 Å². The van der Waals surface area contributed by atoms with Crippen molar-refractivity contribution in [3.8, 4) is 11.1 Å². The molecule has 5 aromatic rings. The van der Waals surface area contributed by atoms with E-state index < -0.39 is 0 Å². The molecule has 1 aliphatic heterocycles. The number of anilines is 2. The zero-order valence-corrected chi connectivity index (χ0v) is 44.0. The molecule has 0 amide bonds. The Bertz CT molecular complexity index is 3300. The van der Waals surface area contributed by atoms with Crippen LogP contribution in [0, 0.1) is 18.8 Å². The van der Waals surface area contributed by atoms with Gasteiger partial charge in [-0.1, -0.05) is 165 Å². The van der Waals surface area contributed by atoms with Crippen molar-refractivity contribution in [3.63, 3.8) is 0 Å². The summed E-state index contributed by atoms with van der Waals surface area (Å²) in [5.74, 6) is 0.872. The van der Waals surface area contributed by atoms with Gasteiger partial charge in [0.1, 0.15) is 7.85 Å². The molecule has 2 N–H and O–H groups in total. The lowest BCUT2D eigenvalue weighted by atomic mass is 9.86. The molecule has 0 saturated carbocycles. The monoisotopic (exact) mass is 961 g/mol. The van der Waals surface area contributed by atoms with Crippen LogP contribution in [0.1, 0.15) is 87.3 Å². The van der Waals surface area contributed by atoms with Crippen molar-refractivity contribution >= 4 is 72.9 Å². The van der Waals surface area contributed by atoms with Crippen LogP contribution in [0.5, 0.6) is 0 Å². The Morgan fingerprint density at radius 2 is 1.72 bits per heavy atom. The highest BCUT2D eigenvalue weighted by Gasteiger charge is 2.29. The van der Waals surface area contributed by atoms with Gasteiger partial charge < -0.3 is 15.5 Å². The van der Waals surface area contributed by atoms with Crippen LogP contribution in [-0.4, -0.2) is 7.85 Å². The summed E-state index contributed by atoms with van der Waals surface area (Å²) in [5.41, 5.74) is 21.3. The molecule has 0 fully saturated rings. The first-order chi connectivity index (χ1) is 34.6. The molecule has 4 aliphatic carbocycles. The van der Waals surface area contributed by atoms with Crippen LogP contribution < -0.4 is 21.0 Å². The molecule has 4 aromatic carbocycles. The van der Waals surface area contributed by atoms with Gasteiger partial charge >= 0.3 is 0 Å². The highest BCUT2D eigenvalue weighted by atomic mass is 32.2. The van der Waals surface area contributed by atoms with Gasteiger partial charge in [0.2, 0.25) is 0 Å². The lowest BCUT2D eigenvalue weighted by Crippen LogP contribution is -2.23. The molecule has 2 heterocycles. The van der Waals surface area contributed by atoms with E-state index in [1.807, 2.05) is 17.8 Å². The molecule has 1 aromatic heterocycles. The van der Waals surface area contributed by atoms with Gasteiger partial charge in [-0.3, -0.25) is 0 Å². The van der Waals surface area contributed by atoms with Crippen molar-refractivity contribution in [3.05, 3.63) is 243 Å². The largest absolute Gasteiger partial charge is 0.360 e. The number of allylic oxidation sites excluding steroid dienone is 19. The molecule has 2 unspecified atom stereocenters. The Hall–Kier alpha value is -6.65. The van der Waals surface area contributed by atoms with Gasteiger partial charge in [-0.25, -0.2) is 0 Å². The number of aryl methyl sites for hydroxylation is 2. The van der Waals surface area contributed by atoms with Crippen LogP contribution in [0.15, 0.2) is 220 Å². The summed E-state index contributed by atoms with van der Waals surface area (Å²) in [6.45, 7) is 15.8. The second kappa shape index (κ2) is 21.4. The van der Waals surface area contributed by atoms with Crippen LogP contribution in [0.2, 0.25) is 0 Å². The molecule has 354 valence electrons. The number of hydrogen-bond donors (Lipinski definition) is 2. The van der Waals surface area contributed by atoms with Gasteiger partial charge in [0.05, 0.1) is 0 Å². The molecule has 10 rings (SSSR count). The number of fused-ring (bicyclic) bond motifs is 4. The van der Waals surface area contributed by atoms with Crippen molar-refractivity contribution < 1.29 is 0 Å². The third kappa shape index (κ3) is 10.4. The minimum absolute atomic E-state index is 0.351. The van der Waals surface area contributed by atoms with E-state index in [1.54, 1.807) is 5.30 Å². The van der Waals surface area contributed by atoms with E-state index in [0.29, 0.717) is 20.0 Å². The maximum atomic E-state index is 4.34. The predicted octanol–water partition coefficient (Wildman–Crippen LogP) is 16.6. The summed E-state index contributed by atoms with van der Waals surface area (Å²) in [6, 6.07) is 29.0. The molecular weight excluding hydrogens is 897 g/mol. The number of rotatable bonds is 12. The second-order valence-electron chi connectivity index (χ2n) is 19.9. The van der Waals surface area contributed by atoms with Gasteiger partial charge in [0.15, 0.2) is 0 Å². The first kappa shape index (κ1) is 48.0. The molecule has 71 heavy (non-hydrogen) atoms. The number of benzene rings is 4. The smallest absolute Gasteiger partial charge is 0.139 e. The Balaban J connectivity index is 1.20. The topological polar surface area (TPSA) is 27.3 Å². The third-order valence-electron chi connectivity index (χ3n) is 14.4. The highest BCUT2D eigenvalue weighted by Crippen LogP contribution is 2.52. The summed E-state index contributed by atoms with van der Waals surface area (Å²) in [4.78, 5) is 4.87. The summed E-state index contributed by atoms with van der Waals surface area (Å²) in [7, 11) is 2.76. The summed E-state index contributed by atoms with van der Waals surface area (Å²) in [6.07, 6.45) is 42.8. The fourth-order valence-electron chi connectivity index (χ4n) is 10.4. The first-order valence-corrected chi connectivity index (χ1v) is 27.3. The minimum atomic E-state index is 0.351. The Morgan fingerprint density at radius 3 is 2.45 bits per heavy atom. The van der Waals surface area contributed by atoms with Crippen molar-refractivity contribution in [2.45, 2.75) is 78.0 Å². The normalized spacial score (nSPS) is 20.3. The molecule has 0 spiro atoms. The second-order valence-corrected chi connectivity index (χ2v) is 22.4. The first-order valence-electron chi connectivity index (χ1n) is 25.5. The standard InChI is InChI=1S/C65H65BN3PS/c1-7-16-60(68-59-36-26-48(42(2)3)37-45(59)6)62(47-19-12-9-13-20-47)63-64-57(56-21-14-15-22-61(56)70-64)39-50-25-32-54(69(52-30-23-43(4)24-31-52)53-33-28-51(66)29-34-53)40-55(71-65(50)63)41-67-58-35-27-49(38-44(58)5)46-17-10-8-11-18-46/h7-14,16-19,21,23,25-30,32-36,38-42,45,67-68,70H,1,15,20,22,24,31,37,66H2,2-6H3/b32-25-,54-40+,55-41-,60-16+,62-47+. The van der Waals surface area contributed by atoms with E-state index in [1.165, 1.54) is 87.9 Å². The average molecular weight is 962 g/mol. The molecule has 0 saturated heterocycles. The number of thioether (sulfide) groups is 1. The van der Waals surface area contributed by atoms with Crippen molar-refractivity contribution in [1.82, 2.24) is 5.32 Å². The number of nitrogens with one attached hydrogen (secondary N) is 2. The van der Waals surface area contributed by atoms with Crippen molar-refractivity contribution in [1.29, 1.82) is 0 Å². The summed E-state index contributed by atoms with van der Waals surface area (Å²) in [5, 5.41) is 12.3. The third-order valence-corrected chi connectivity index (χ3v) is 17.1. The molecule has 0 radical (unpaired) electrons. The van der Waals surface area contributed by atoms with Crippen LogP contribution in [0.25, 0.3) is 39.4 Å². The fraction of sp³-hybridized carbons (Fsp3) is 0.200. The van der Waals surface area contributed by atoms with Gasteiger partial charge in [-0.2, -0.15) is 0 Å². The Kier molecular flexibility index (Phi) is 14.5. The van der Waals surface area contributed by atoms with Crippen LogP contribution in [0.4, 0.5) is 11.4 Å². The summed E-state index contributed by atoms with van der Waals surface area (Å²) < 4.78 is 0. The van der Waals surface area contributed by atoms with E-state index >= 15 is 0 Å². The molecule has 3 nitrogen and oxygen atoms in total. The molecular formula is C65H65BN3PS. The van der Waals surface area contributed by atoms with Gasteiger partial charge in [-0.15, -0.1) is 8.19 Å². The van der Waals surface area contributed by atoms with Crippen molar-refractivity contribution in [2.24, 2.45) is 11.8 Å². The van der Waals surface area contributed by atoms with Crippen LogP contribution in [0.3, 0.4) is 0 Å². The zero-order valence-electron chi connectivity index (χ0n) is 42.2. The molecule has 0 bridgehead atoms.